The zero-order valence-electron chi connectivity index (χ0n) is 8.56. The van der Waals surface area contributed by atoms with E-state index in [1.807, 2.05) is 0 Å². The molecule has 0 aromatic rings. The van der Waals surface area contributed by atoms with Gasteiger partial charge in [0.2, 0.25) is 0 Å². The Balaban J connectivity index is 2.46. The Morgan fingerprint density at radius 1 is 1.33 bits per heavy atom. The minimum atomic E-state index is -4.40. The van der Waals surface area contributed by atoms with Gasteiger partial charge in [-0.15, -0.1) is 0 Å². The van der Waals surface area contributed by atoms with Crippen molar-refractivity contribution in [1.29, 1.82) is 0 Å². The molecule has 1 saturated carbocycles. The summed E-state index contributed by atoms with van der Waals surface area (Å²) in [7, 11) is -4.40. The Morgan fingerprint density at radius 2 is 1.93 bits per heavy atom. The van der Waals surface area contributed by atoms with Gasteiger partial charge in [-0.3, -0.25) is 4.52 Å². The number of nitrogens with one attached hydrogen (secondary N) is 1. The van der Waals surface area contributed by atoms with Gasteiger partial charge in [-0.05, 0) is 12.8 Å². The highest BCUT2D eigenvalue weighted by molar-refractivity contribution is 7.46. The molecule has 1 fully saturated rings. The highest BCUT2D eigenvalue weighted by Crippen LogP contribution is 2.39. The van der Waals surface area contributed by atoms with Gasteiger partial charge in [0.1, 0.15) is 0 Å². The van der Waals surface area contributed by atoms with Crippen molar-refractivity contribution in [3.05, 3.63) is 0 Å². The first-order chi connectivity index (χ1) is 6.97. The van der Waals surface area contributed by atoms with Crippen LogP contribution >= 0.6 is 7.82 Å². The fraction of sp³-hybridized carbons (Fsp3) is 1.00. The van der Waals surface area contributed by atoms with Crippen molar-refractivity contribution >= 4 is 7.82 Å². The molecule has 0 heterocycles. The summed E-state index contributed by atoms with van der Waals surface area (Å²) in [6.45, 7) is 0.430. The van der Waals surface area contributed by atoms with Gasteiger partial charge in [-0.1, -0.05) is 12.8 Å². The van der Waals surface area contributed by atoms with E-state index in [0.717, 1.165) is 25.7 Å². The van der Waals surface area contributed by atoms with Crippen molar-refractivity contribution in [2.75, 3.05) is 19.8 Å². The van der Waals surface area contributed by atoms with Crippen LogP contribution in [0.25, 0.3) is 0 Å². The van der Waals surface area contributed by atoms with Crippen molar-refractivity contribution in [3.8, 4) is 0 Å². The summed E-state index contributed by atoms with van der Waals surface area (Å²) in [4.78, 5) is 17.3. The Kier molecular flexibility index (Phi) is 4.70. The van der Waals surface area contributed by atoms with Crippen molar-refractivity contribution in [3.63, 3.8) is 0 Å². The van der Waals surface area contributed by atoms with Crippen LogP contribution in [0.3, 0.4) is 0 Å². The van der Waals surface area contributed by atoms with Crippen LogP contribution in [0.1, 0.15) is 25.7 Å². The molecule has 1 aliphatic carbocycles. The average Bonchev–Trinajstić information content (AvgIpc) is 2.60. The maximum atomic E-state index is 10.6. The van der Waals surface area contributed by atoms with Crippen LogP contribution in [-0.4, -0.2) is 40.2 Å². The molecule has 1 rings (SSSR count). The summed E-state index contributed by atoms with van der Waals surface area (Å²) in [5, 5.41) is 11.8. The summed E-state index contributed by atoms with van der Waals surface area (Å²) in [5.41, 5.74) is -0.371. The van der Waals surface area contributed by atoms with E-state index in [1.165, 1.54) is 0 Å². The third kappa shape index (κ3) is 4.59. The molecule has 0 unspecified atom stereocenters. The minimum Gasteiger partial charge on any atom is -0.395 e. The Labute approximate surface area is 88.9 Å². The second-order valence-corrected chi connectivity index (χ2v) is 5.14. The molecule has 90 valence electrons. The molecular formula is C8H18NO5P. The summed E-state index contributed by atoms with van der Waals surface area (Å²) >= 11 is 0. The van der Waals surface area contributed by atoms with E-state index in [2.05, 4.69) is 9.84 Å². The maximum absolute atomic E-state index is 10.6. The lowest BCUT2D eigenvalue weighted by molar-refractivity contribution is 0.129. The molecular weight excluding hydrogens is 221 g/mol. The molecule has 0 amide bonds. The van der Waals surface area contributed by atoms with Crippen molar-refractivity contribution in [2.24, 2.45) is 0 Å². The summed E-state index contributed by atoms with van der Waals surface area (Å²) in [6.07, 6.45) is 3.69. The van der Waals surface area contributed by atoms with Crippen molar-refractivity contribution < 1.29 is 24.0 Å². The van der Waals surface area contributed by atoms with Gasteiger partial charge in [-0.25, -0.2) is 4.57 Å². The SMILES string of the molecule is O=P(O)(O)OCC1(NCCO)CCCC1. The largest absolute Gasteiger partial charge is 0.469 e. The molecule has 0 aromatic carbocycles. The Bertz CT molecular complexity index is 235. The van der Waals surface area contributed by atoms with Gasteiger partial charge in [0, 0.05) is 12.1 Å². The third-order valence-electron chi connectivity index (χ3n) is 2.68. The standard InChI is InChI=1S/C8H18NO5P/c10-6-5-9-8(3-1-2-4-8)7-14-15(11,12)13/h9-10H,1-7H2,(H2,11,12,13). The first-order valence-corrected chi connectivity index (χ1v) is 6.56. The van der Waals surface area contributed by atoms with Crippen LogP contribution in [0, 0.1) is 0 Å². The molecule has 6 nitrogen and oxygen atoms in total. The van der Waals surface area contributed by atoms with E-state index < -0.39 is 7.82 Å². The van der Waals surface area contributed by atoms with Crippen LogP contribution in [0.5, 0.6) is 0 Å². The van der Waals surface area contributed by atoms with Gasteiger partial charge >= 0.3 is 7.82 Å². The smallest absolute Gasteiger partial charge is 0.395 e. The predicted molar refractivity (Wildman–Crippen MR) is 54.3 cm³/mol. The number of phosphoric ester groups is 1. The van der Waals surface area contributed by atoms with Crippen molar-refractivity contribution in [1.82, 2.24) is 5.32 Å². The van der Waals surface area contributed by atoms with E-state index in [9.17, 15) is 4.57 Å². The second kappa shape index (κ2) is 5.39. The van der Waals surface area contributed by atoms with E-state index in [0.29, 0.717) is 6.54 Å². The molecule has 15 heavy (non-hydrogen) atoms. The number of rotatable bonds is 6. The molecule has 0 atom stereocenters. The lowest BCUT2D eigenvalue weighted by Crippen LogP contribution is -2.47. The van der Waals surface area contributed by atoms with Crippen LogP contribution in [0.4, 0.5) is 0 Å². The molecule has 0 aliphatic heterocycles. The lowest BCUT2D eigenvalue weighted by atomic mass is 9.99. The Hall–Kier alpha value is 0.0300. The third-order valence-corrected chi connectivity index (χ3v) is 3.15. The number of aliphatic hydroxyl groups is 1. The zero-order valence-corrected chi connectivity index (χ0v) is 9.45. The maximum Gasteiger partial charge on any atom is 0.469 e. The quantitative estimate of drug-likeness (QED) is 0.486. The van der Waals surface area contributed by atoms with E-state index >= 15 is 0 Å². The molecule has 0 aromatic heterocycles. The minimum absolute atomic E-state index is 0.00270. The Morgan fingerprint density at radius 3 is 2.40 bits per heavy atom. The lowest BCUT2D eigenvalue weighted by Gasteiger charge is -2.29. The van der Waals surface area contributed by atoms with Gasteiger partial charge in [-0.2, -0.15) is 0 Å². The number of phosphoric acid groups is 1. The van der Waals surface area contributed by atoms with Gasteiger partial charge in [0.05, 0.1) is 13.2 Å². The number of β-amino-alcohol motifs (C(OH)–C–C–N with tert-alkyl or cyclic N) is 1. The van der Waals surface area contributed by atoms with Crippen LogP contribution in [0.15, 0.2) is 0 Å². The molecule has 0 saturated heterocycles. The molecule has 1 aliphatic rings. The van der Waals surface area contributed by atoms with E-state index in [4.69, 9.17) is 14.9 Å². The molecule has 7 heteroatoms. The highest BCUT2D eigenvalue weighted by Gasteiger charge is 2.35. The topological polar surface area (TPSA) is 99.0 Å². The monoisotopic (exact) mass is 239 g/mol. The number of hydrogen-bond donors (Lipinski definition) is 4. The molecule has 0 radical (unpaired) electrons. The predicted octanol–water partition coefficient (Wildman–Crippen LogP) is -0.00960. The number of hydrogen-bond acceptors (Lipinski definition) is 4. The van der Waals surface area contributed by atoms with Gasteiger partial charge in [0.25, 0.3) is 0 Å². The first kappa shape index (κ1) is 13.1. The van der Waals surface area contributed by atoms with Crippen LogP contribution < -0.4 is 5.32 Å². The second-order valence-electron chi connectivity index (χ2n) is 3.90. The van der Waals surface area contributed by atoms with Crippen LogP contribution in [0.2, 0.25) is 0 Å². The van der Waals surface area contributed by atoms with E-state index in [1.54, 1.807) is 0 Å². The highest BCUT2D eigenvalue weighted by atomic mass is 31.2. The summed E-state index contributed by atoms with van der Waals surface area (Å²) < 4.78 is 15.1. The summed E-state index contributed by atoms with van der Waals surface area (Å²) in [6, 6.07) is 0. The average molecular weight is 239 g/mol. The fourth-order valence-electron chi connectivity index (χ4n) is 1.95. The van der Waals surface area contributed by atoms with Crippen molar-refractivity contribution in [2.45, 2.75) is 31.2 Å². The molecule has 0 spiro atoms. The van der Waals surface area contributed by atoms with Crippen LogP contribution in [-0.2, 0) is 9.09 Å². The van der Waals surface area contributed by atoms with E-state index in [-0.39, 0.29) is 18.8 Å². The fourth-order valence-corrected chi connectivity index (χ4v) is 2.37. The first-order valence-electron chi connectivity index (χ1n) is 5.03. The van der Waals surface area contributed by atoms with Gasteiger partial charge in [0.15, 0.2) is 0 Å². The normalized spacial score (nSPS) is 20.7. The molecule has 4 N–H and O–H groups in total. The molecule has 0 bridgehead atoms. The van der Waals surface area contributed by atoms with Gasteiger partial charge < -0.3 is 20.2 Å². The zero-order chi connectivity index (χ0) is 11.4. The number of aliphatic hydroxyl groups excluding tert-OH is 1. The summed E-state index contributed by atoms with van der Waals surface area (Å²) in [5.74, 6) is 0.